The Morgan fingerprint density at radius 2 is 2.00 bits per heavy atom. The van der Waals surface area contributed by atoms with Crippen molar-refractivity contribution in [2.45, 2.75) is 13.8 Å². The van der Waals surface area contributed by atoms with Crippen molar-refractivity contribution < 1.29 is 19.4 Å². The van der Waals surface area contributed by atoms with Gasteiger partial charge in [-0.3, -0.25) is 9.59 Å². The summed E-state index contributed by atoms with van der Waals surface area (Å²) < 4.78 is 5.63. The van der Waals surface area contributed by atoms with Gasteiger partial charge in [0.1, 0.15) is 5.75 Å². The Bertz CT molecular complexity index is 462. The summed E-state index contributed by atoms with van der Waals surface area (Å²) in [6.07, 6.45) is 0. The van der Waals surface area contributed by atoms with Crippen molar-refractivity contribution in [1.82, 2.24) is 0 Å². The van der Waals surface area contributed by atoms with E-state index in [9.17, 15) is 9.59 Å². The zero-order chi connectivity index (χ0) is 15.0. The highest BCUT2D eigenvalue weighted by Crippen LogP contribution is 2.24. The summed E-state index contributed by atoms with van der Waals surface area (Å²) in [4.78, 5) is 22.1. The van der Waals surface area contributed by atoms with Crippen LogP contribution in [0, 0.1) is 5.92 Å². The predicted octanol–water partition coefficient (Wildman–Crippen LogP) is 2.48. The molecule has 0 bridgehead atoms. The number of rotatable bonds is 8. The second-order valence-corrected chi connectivity index (χ2v) is 5.62. The minimum absolute atomic E-state index is 0.0844. The van der Waals surface area contributed by atoms with Crippen LogP contribution in [0.5, 0.6) is 5.75 Å². The largest absolute Gasteiger partial charge is 0.491 e. The number of hydrogen-bond donors (Lipinski definition) is 2. The number of carbonyl (C=O) groups is 2. The Hall–Kier alpha value is -1.69. The number of thioether (sulfide) groups is 1. The topological polar surface area (TPSA) is 75.6 Å². The molecule has 0 atom stereocenters. The zero-order valence-corrected chi connectivity index (χ0v) is 12.4. The van der Waals surface area contributed by atoms with Gasteiger partial charge in [0, 0.05) is 0 Å². The summed E-state index contributed by atoms with van der Waals surface area (Å²) in [7, 11) is 0. The maximum absolute atomic E-state index is 11.7. The lowest BCUT2D eigenvalue weighted by atomic mass is 10.2. The summed E-state index contributed by atoms with van der Waals surface area (Å²) in [5.41, 5.74) is 0.606. The molecule has 0 radical (unpaired) electrons. The first-order chi connectivity index (χ1) is 9.49. The van der Waals surface area contributed by atoms with Gasteiger partial charge in [0.25, 0.3) is 0 Å². The van der Waals surface area contributed by atoms with Crippen molar-refractivity contribution in [3.63, 3.8) is 0 Å². The Labute approximate surface area is 122 Å². The number of ether oxygens (including phenoxy) is 1. The van der Waals surface area contributed by atoms with Crippen LogP contribution in [0.1, 0.15) is 13.8 Å². The second kappa shape index (κ2) is 8.47. The van der Waals surface area contributed by atoms with Crippen LogP contribution in [0.3, 0.4) is 0 Å². The number of hydrogen-bond acceptors (Lipinski definition) is 4. The molecule has 1 aromatic rings. The van der Waals surface area contributed by atoms with Crippen LogP contribution in [0.4, 0.5) is 5.69 Å². The number of amides is 1. The first-order valence-corrected chi connectivity index (χ1v) is 7.45. The zero-order valence-electron chi connectivity index (χ0n) is 11.6. The van der Waals surface area contributed by atoms with Gasteiger partial charge < -0.3 is 15.2 Å². The Morgan fingerprint density at radius 1 is 1.30 bits per heavy atom. The standard InChI is InChI=1S/C14H19NO4S/c1-10(2)7-19-12-6-4-3-5-11(12)15-13(16)8-20-9-14(17)18/h3-6,10H,7-9H2,1-2H3,(H,15,16)(H,17,18). The number of anilines is 1. The van der Waals surface area contributed by atoms with E-state index < -0.39 is 5.97 Å². The van der Waals surface area contributed by atoms with Gasteiger partial charge >= 0.3 is 5.97 Å². The van der Waals surface area contributed by atoms with E-state index in [1.54, 1.807) is 12.1 Å². The molecule has 2 N–H and O–H groups in total. The molecule has 20 heavy (non-hydrogen) atoms. The van der Waals surface area contributed by atoms with Gasteiger partial charge in [-0.1, -0.05) is 26.0 Å². The molecule has 0 aliphatic rings. The molecule has 6 heteroatoms. The molecular weight excluding hydrogens is 278 g/mol. The smallest absolute Gasteiger partial charge is 0.313 e. The monoisotopic (exact) mass is 297 g/mol. The number of carbonyl (C=O) groups excluding carboxylic acids is 1. The summed E-state index contributed by atoms with van der Waals surface area (Å²) in [6.45, 7) is 4.66. The maximum Gasteiger partial charge on any atom is 0.313 e. The maximum atomic E-state index is 11.7. The molecule has 0 heterocycles. The summed E-state index contributed by atoms with van der Waals surface area (Å²) in [6, 6.07) is 7.20. The van der Waals surface area contributed by atoms with Gasteiger partial charge in [-0.2, -0.15) is 0 Å². The molecule has 0 saturated carbocycles. The minimum Gasteiger partial charge on any atom is -0.491 e. The molecule has 5 nitrogen and oxygen atoms in total. The molecule has 0 spiro atoms. The van der Waals surface area contributed by atoms with Gasteiger partial charge in [0.2, 0.25) is 5.91 Å². The van der Waals surface area contributed by atoms with Crippen LogP contribution in [0.25, 0.3) is 0 Å². The number of para-hydroxylation sites is 2. The van der Waals surface area contributed by atoms with E-state index in [0.29, 0.717) is 24.0 Å². The molecule has 0 aliphatic carbocycles. The highest BCUT2D eigenvalue weighted by molar-refractivity contribution is 8.00. The molecule has 110 valence electrons. The first kappa shape index (κ1) is 16.4. The van der Waals surface area contributed by atoms with Crippen LogP contribution in [0.2, 0.25) is 0 Å². The van der Waals surface area contributed by atoms with E-state index >= 15 is 0 Å². The van der Waals surface area contributed by atoms with Gasteiger partial charge in [-0.05, 0) is 18.1 Å². The fraction of sp³-hybridized carbons (Fsp3) is 0.429. The minimum atomic E-state index is -0.927. The second-order valence-electron chi connectivity index (χ2n) is 4.64. The van der Waals surface area contributed by atoms with Crippen molar-refractivity contribution >= 4 is 29.3 Å². The van der Waals surface area contributed by atoms with E-state index in [1.165, 1.54) is 0 Å². The van der Waals surface area contributed by atoms with Gasteiger partial charge in [0.05, 0.1) is 23.8 Å². The van der Waals surface area contributed by atoms with Gasteiger partial charge in [-0.15, -0.1) is 11.8 Å². The van der Waals surface area contributed by atoms with Gasteiger partial charge in [0.15, 0.2) is 0 Å². The SMILES string of the molecule is CC(C)COc1ccccc1NC(=O)CSCC(=O)O. The number of carboxylic acids is 1. The summed E-state index contributed by atoms with van der Waals surface area (Å²) >= 11 is 1.06. The molecular formula is C14H19NO4S. The van der Waals surface area contributed by atoms with E-state index in [2.05, 4.69) is 5.32 Å². The number of aliphatic carboxylic acids is 1. The van der Waals surface area contributed by atoms with Crippen molar-refractivity contribution in [1.29, 1.82) is 0 Å². The van der Waals surface area contributed by atoms with E-state index in [1.807, 2.05) is 26.0 Å². The van der Waals surface area contributed by atoms with Crippen LogP contribution < -0.4 is 10.1 Å². The van der Waals surface area contributed by atoms with Crippen LogP contribution in [-0.2, 0) is 9.59 Å². The molecule has 1 aromatic carbocycles. The molecule has 0 aliphatic heterocycles. The lowest BCUT2D eigenvalue weighted by molar-refractivity contribution is -0.133. The van der Waals surface area contributed by atoms with Crippen LogP contribution in [-0.4, -0.2) is 35.1 Å². The number of carboxylic acid groups (broad SMARTS) is 1. The van der Waals surface area contributed by atoms with Crippen molar-refractivity contribution in [2.24, 2.45) is 5.92 Å². The quantitative estimate of drug-likeness (QED) is 0.771. The fourth-order valence-corrected chi connectivity index (χ4v) is 1.90. The normalized spacial score (nSPS) is 10.3. The molecule has 0 unspecified atom stereocenters. The predicted molar refractivity (Wildman–Crippen MR) is 80.4 cm³/mol. The average Bonchev–Trinajstić information content (AvgIpc) is 2.37. The number of nitrogens with one attached hydrogen (secondary N) is 1. The Morgan fingerprint density at radius 3 is 2.65 bits per heavy atom. The third kappa shape index (κ3) is 6.47. The molecule has 1 amide bonds. The van der Waals surface area contributed by atoms with Crippen LogP contribution >= 0.6 is 11.8 Å². The third-order valence-electron chi connectivity index (χ3n) is 2.19. The molecule has 1 rings (SSSR count). The van der Waals surface area contributed by atoms with E-state index in [0.717, 1.165) is 11.8 Å². The molecule has 0 saturated heterocycles. The van der Waals surface area contributed by atoms with E-state index in [4.69, 9.17) is 9.84 Å². The Kier molecular flexibility index (Phi) is 6.93. The Balaban J connectivity index is 2.53. The average molecular weight is 297 g/mol. The third-order valence-corrected chi connectivity index (χ3v) is 3.11. The molecule has 0 aromatic heterocycles. The highest BCUT2D eigenvalue weighted by atomic mass is 32.2. The molecule has 0 fully saturated rings. The van der Waals surface area contributed by atoms with E-state index in [-0.39, 0.29) is 17.4 Å². The highest BCUT2D eigenvalue weighted by Gasteiger charge is 2.09. The lowest BCUT2D eigenvalue weighted by Crippen LogP contribution is -2.16. The summed E-state index contributed by atoms with van der Waals surface area (Å²) in [5, 5.41) is 11.2. The fourth-order valence-electron chi connectivity index (χ4n) is 1.37. The summed E-state index contributed by atoms with van der Waals surface area (Å²) in [5.74, 6) is -0.132. The van der Waals surface area contributed by atoms with Crippen molar-refractivity contribution in [3.05, 3.63) is 24.3 Å². The number of benzene rings is 1. The van der Waals surface area contributed by atoms with Crippen molar-refractivity contribution in [3.8, 4) is 5.75 Å². The van der Waals surface area contributed by atoms with Crippen molar-refractivity contribution in [2.75, 3.05) is 23.4 Å². The van der Waals surface area contributed by atoms with Gasteiger partial charge in [-0.25, -0.2) is 0 Å². The lowest BCUT2D eigenvalue weighted by Gasteiger charge is -2.13. The van der Waals surface area contributed by atoms with Crippen LogP contribution in [0.15, 0.2) is 24.3 Å². The first-order valence-electron chi connectivity index (χ1n) is 6.30.